The van der Waals surface area contributed by atoms with Crippen LogP contribution in [0.2, 0.25) is 5.02 Å². The number of imidazole rings is 1. The Balaban J connectivity index is 1.35. The molecule has 1 aromatic heterocycles. The maximum Gasteiger partial charge on any atom is 0.255 e. The third-order valence-electron chi connectivity index (χ3n) is 5.75. The number of rotatable bonds is 4. The topological polar surface area (TPSA) is 79.3 Å². The molecule has 0 atom stereocenters. The van der Waals surface area contributed by atoms with Crippen molar-refractivity contribution < 1.29 is 9.59 Å². The predicted molar refractivity (Wildman–Crippen MR) is 112 cm³/mol. The highest BCUT2D eigenvalue weighted by atomic mass is 35.5. The first-order valence-corrected chi connectivity index (χ1v) is 10.4. The summed E-state index contributed by atoms with van der Waals surface area (Å²) in [5.74, 6) is 1.34. The van der Waals surface area contributed by atoms with Crippen LogP contribution in [-0.2, 0) is 11.3 Å². The summed E-state index contributed by atoms with van der Waals surface area (Å²) in [7, 11) is 0. The van der Waals surface area contributed by atoms with E-state index in [4.69, 9.17) is 11.6 Å². The molecule has 2 aliphatic rings. The molecular formula is C21H26ClN5O2. The summed E-state index contributed by atoms with van der Waals surface area (Å²) < 4.78 is 2.05. The van der Waals surface area contributed by atoms with E-state index in [0.29, 0.717) is 55.4 Å². The lowest BCUT2D eigenvalue weighted by atomic mass is 9.92. The number of amides is 2. The highest BCUT2D eigenvalue weighted by Crippen LogP contribution is 2.32. The maximum absolute atomic E-state index is 12.7. The molecule has 4 rings (SSSR count). The molecule has 2 aromatic rings. The van der Waals surface area contributed by atoms with Crippen molar-refractivity contribution in [1.29, 1.82) is 0 Å². The molecule has 1 spiro atoms. The van der Waals surface area contributed by atoms with Crippen molar-refractivity contribution in [3.05, 3.63) is 47.0 Å². The molecule has 154 valence electrons. The average molecular weight is 416 g/mol. The zero-order valence-electron chi connectivity index (χ0n) is 16.7. The number of carbonyl (C=O) groups excluding carboxylic acids is 2. The molecule has 0 radical (unpaired) electrons. The molecular weight excluding hydrogens is 390 g/mol. The fourth-order valence-corrected chi connectivity index (χ4v) is 4.33. The number of hydrogen-bond acceptors (Lipinski definition) is 4. The van der Waals surface area contributed by atoms with Crippen molar-refractivity contribution in [2.45, 2.75) is 51.2 Å². The highest BCUT2D eigenvalue weighted by molar-refractivity contribution is 6.31. The number of hydrogen-bond donors (Lipinski definition) is 2. The SMILES string of the molecule is CC(C)c1nccn1CCC(=O)N1CCC2(CC1)NC(=O)c1cc(Cl)ccc1N2. The Morgan fingerprint density at radius 3 is 2.76 bits per heavy atom. The fourth-order valence-electron chi connectivity index (χ4n) is 4.16. The van der Waals surface area contributed by atoms with Crippen molar-refractivity contribution in [1.82, 2.24) is 19.8 Å². The van der Waals surface area contributed by atoms with E-state index in [9.17, 15) is 9.59 Å². The lowest BCUT2D eigenvalue weighted by Crippen LogP contribution is -2.62. The standard InChI is InChI=1S/C21H26ClN5O2/c1-14(2)19-23-8-12-27(19)9-5-18(28)26-10-6-21(7-11-26)24-17-4-3-15(22)13-16(17)20(29)25-21/h3-4,8,12-14,24H,5-7,9-11H2,1-2H3,(H,25,29). The van der Waals surface area contributed by atoms with E-state index < -0.39 is 5.66 Å². The Bertz CT molecular complexity index is 931. The Kier molecular flexibility index (Phi) is 5.25. The van der Waals surface area contributed by atoms with Gasteiger partial charge in [0.15, 0.2) is 0 Å². The second-order valence-corrected chi connectivity index (χ2v) is 8.55. The minimum absolute atomic E-state index is 0.123. The number of benzene rings is 1. The number of nitrogens with one attached hydrogen (secondary N) is 2. The lowest BCUT2D eigenvalue weighted by Gasteiger charge is -2.46. The van der Waals surface area contributed by atoms with Gasteiger partial charge in [-0.25, -0.2) is 4.98 Å². The number of fused-ring (bicyclic) bond motifs is 1. The predicted octanol–water partition coefficient (Wildman–Crippen LogP) is 3.22. The van der Waals surface area contributed by atoms with E-state index in [0.717, 1.165) is 11.5 Å². The number of likely N-dealkylation sites (tertiary alicyclic amines) is 1. The van der Waals surface area contributed by atoms with Gasteiger partial charge in [-0.3, -0.25) is 9.59 Å². The number of aromatic nitrogens is 2. The van der Waals surface area contributed by atoms with Gasteiger partial charge in [-0.15, -0.1) is 0 Å². The van der Waals surface area contributed by atoms with Crippen LogP contribution >= 0.6 is 11.6 Å². The Labute approximate surface area is 175 Å². The van der Waals surface area contributed by atoms with Crippen LogP contribution in [0.4, 0.5) is 5.69 Å². The van der Waals surface area contributed by atoms with Gasteiger partial charge in [-0.1, -0.05) is 25.4 Å². The van der Waals surface area contributed by atoms with Crippen LogP contribution in [0.15, 0.2) is 30.6 Å². The normalized spacial score (nSPS) is 17.8. The molecule has 1 aromatic carbocycles. The Morgan fingerprint density at radius 1 is 1.28 bits per heavy atom. The molecule has 0 bridgehead atoms. The molecule has 0 unspecified atom stereocenters. The van der Waals surface area contributed by atoms with Crippen molar-refractivity contribution in [3.63, 3.8) is 0 Å². The van der Waals surface area contributed by atoms with Gasteiger partial charge in [0.05, 0.1) is 5.56 Å². The summed E-state index contributed by atoms with van der Waals surface area (Å²) in [6, 6.07) is 5.29. The van der Waals surface area contributed by atoms with Gasteiger partial charge in [0.1, 0.15) is 11.5 Å². The average Bonchev–Trinajstić information content (AvgIpc) is 3.16. The van der Waals surface area contributed by atoms with Crippen molar-refractivity contribution in [3.8, 4) is 0 Å². The second kappa shape index (κ2) is 7.71. The number of anilines is 1. The first-order chi connectivity index (χ1) is 13.9. The van der Waals surface area contributed by atoms with E-state index in [1.165, 1.54) is 0 Å². The van der Waals surface area contributed by atoms with Crippen LogP contribution in [-0.4, -0.2) is 45.0 Å². The van der Waals surface area contributed by atoms with Crippen LogP contribution in [0, 0.1) is 0 Å². The molecule has 1 saturated heterocycles. The molecule has 0 aliphatic carbocycles. The van der Waals surface area contributed by atoms with Crippen LogP contribution < -0.4 is 10.6 Å². The quantitative estimate of drug-likeness (QED) is 0.803. The molecule has 2 aliphatic heterocycles. The van der Waals surface area contributed by atoms with Gasteiger partial charge >= 0.3 is 0 Å². The van der Waals surface area contributed by atoms with Crippen LogP contribution in [0.3, 0.4) is 0 Å². The molecule has 7 nitrogen and oxygen atoms in total. The van der Waals surface area contributed by atoms with Gasteiger partial charge in [0.25, 0.3) is 5.91 Å². The van der Waals surface area contributed by atoms with E-state index >= 15 is 0 Å². The molecule has 0 saturated carbocycles. The summed E-state index contributed by atoms with van der Waals surface area (Å²) >= 11 is 6.01. The van der Waals surface area contributed by atoms with E-state index in [-0.39, 0.29) is 11.8 Å². The summed E-state index contributed by atoms with van der Waals surface area (Å²) in [6.07, 6.45) is 5.49. The molecule has 8 heteroatoms. The number of nitrogens with zero attached hydrogens (tertiary/aromatic N) is 3. The summed E-state index contributed by atoms with van der Waals surface area (Å²) in [6.45, 7) is 6.05. The van der Waals surface area contributed by atoms with Gasteiger partial charge in [0.2, 0.25) is 5.91 Å². The molecule has 2 N–H and O–H groups in total. The number of carbonyl (C=O) groups is 2. The van der Waals surface area contributed by atoms with Gasteiger partial charge in [-0.2, -0.15) is 0 Å². The maximum atomic E-state index is 12.7. The minimum Gasteiger partial charge on any atom is -0.362 e. The number of aryl methyl sites for hydroxylation is 1. The molecule has 1 fully saturated rings. The lowest BCUT2D eigenvalue weighted by molar-refractivity contribution is -0.133. The molecule has 3 heterocycles. The van der Waals surface area contributed by atoms with Crippen LogP contribution in [0.25, 0.3) is 0 Å². The minimum atomic E-state index is -0.510. The number of halogens is 1. The smallest absolute Gasteiger partial charge is 0.255 e. The molecule has 2 amide bonds. The summed E-state index contributed by atoms with van der Waals surface area (Å²) in [4.78, 5) is 31.5. The second-order valence-electron chi connectivity index (χ2n) is 8.12. The van der Waals surface area contributed by atoms with Gasteiger partial charge < -0.3 is 20.1 Å². The van der Waals surface area contributed by atoms with Gasteiger partial charge in [-0.05, 0) is 18.2 Å². The fraction of sp³-hybridized carbons (Fsp3) is 0.476. The zero-order valence-corrected chi connectivity index (χ0v) is 17.5. The summed E-state index contributed by atoms with van der Waals surface area (Å²) in [5, 5.41) is 7.09. The van der Waals surface area contributed by atoms with Crippen molar-refractivity contribution in [2.24, 2.45) is 0 Å². The Morgan fingerprint density at radius 2 is 2.03 bits per heavy atom. The van der Waals surface area contributed by atoms with Gasteiger partial charge in [0, 0.05) is 67.9 Å². The third-order valence-corrected chi connectivity index (χ3v) is 5.99. The highest BCUT2D eigenvalue weighted by Gasteiger charge is 2.40. The van der Waals surface area contributed by atoms with Crippen molar-refractivity contribution >= 4 is 29.1 Å². The first-order valence-electron chi connectivity index (χ1n) is 10.1. The molecule has 29 heavy (non-hydrogen) atoms. The number of piperidine rings is 1. The largest absolute Gasteiger partial charge is 0.362 e. The van der Waals surface area contributed by atoms with E-state index in [1.807, 2.05) is 17.2 Å². The summed E-state index contributed by atoms with van der Waals surface area (Å²) in [5.41, 5.74) is 0.839. The zero-order chi connectivity index (χ0) is 20.6. The Hall–Kier alpha value is -2.54. The van der Waals surface area contributed by atoms with Crippen LogP contribution in [0.5, 0.6) is 0 Å². The van der Waals surface area contributed by atoms with E-state index in [1.54, 1.807) is 18.3 Å². The third kappa shape index (κ3) is 3.96. The van der Waals surface area contributed by atoms with E-state index in [2.05, 4.69) is 34.0 Å². The van der Waals surface area contributed by atoms with Crippen LogP contribution in [0.1, 0.15) is 55.2 Å². The van der Waals surface area contributed by atoms with Crippen molar-refractivity contribution in [2.75, 3.05) is 18.4 Å². The first kappa shape index (κ1) is 19.8. The monoisotopic (exact) mass is 415 g/mol.